The van der Waals surface area contributed by atoms with Crippen LogP contribution >= 0.6 is 0 Å². The first kappa shape index (κ1) is 14.3. The third-order valence-corrected chi connectivity index (χ3v) is 3.72. The number of aryl methyl sites for hydroxylation is 1. The fraction of sp³-hybridized carbons (Fsp3) is 0.0526. The number of aliphatic imine (C=N–C) groups is 1. The van der Waals surface area contributed by atoms with Crippen LogP contribution in [0, 0.1) is 6.92 Å². The molecule has 0 atom stereocenters. The Hall–Kier alpha value is -3.34. The molecule has 2 aromatic heterocycles. The maximum absolute atomic E-state index is 4.74. The number of benzene rings is 2. The summed E-state index contributed by atoms with van der Waals surface area (Å²) in [6.45, 7) is 2.07. The van der Waals surface area contributed by atoms with E-state index in [1.54, 1.807) is 11.0 Å². The molecule has 0 N–H and O–H groups in total. The Balaban J connectivity index is 1.88. The molecule has 5 heteroatoms. The minimum absolute atomic E-state index is 0.712. The van der Waals surface area contributed by atoms with Crippen LogP contribution in [0.15, 0.2) is 72.2 Å². The third kappa shape index (κ3) is 2.79. The summed E-state index contributed by atoms with van der Waals surface area (Å²) in [7, 11) is 0. The van der Waals surface area contributed by atoms with Crippen LogP contribution in [0.5, 0.6) is 0 Å². The van der Waals surface area contributed by atoms with Gasteiger partial charge in [-0.25, -0.2) is 14.6 Å². The van der Waals surface area contributed by atoms with Gasteiger partial charge in [-0.15, -0.1) is 0 Å². The second kappa shape index (κ2) is 6.04. The van der Waals surface area contributed by atoms with Crippen molar-refractivity contribution in [1.29, 1.82) is 0 Å². The van der Waals surface area contributed by atoms with Crippen molar-refractivity contribution in [1.82, 2.24) is 19.7 Å². The standard InChI is InChI=1S/C19H15N5/c1-14-7-8-18-15(9-14)10-16(11-21-17-5-3-2-4-6-17)19(23-18)24-13-20-12-22-24/h2-13H,1H3. The van der Waals surface area contributed by atoms with Crippen LogP contribution in [0.2, 0.25) is 0 Å². The lowest BCUT2D eigenvalue weighted by molar-refractivity contribution is 0.849. The Bertz CT molecular complexity index is 1000. The first-order chi connectivity index (χ1) is 11.8. The van der Waals surface area contributed by atoms with Gasteiger partial charge in [0, 0.05) is 17.2 Å². The van der Waals surface area contributed by atoms with Gasteiger partial charge < -0.3 is 0 Å². The maximum Gasteiger partial charge on any atom is 0.164 e. The van der Waals surface area contributed by atoms with E-state index in [9.17, 15) is 0 Å². The Morgan fingerprint density at radius 2 is 1.92 bits per heavy atom. The minimum atomic E-state index is 0.712. The van der Waals surface area contributed by atoms with Gasteiger partial charge in [0.05, 0.1) is 11.2 Å². The van der Waals surface area contributed by atoms with Crippen LogP contribution in [0.25, 0.3) is 16.7 Å². The Labute approximate surface area is 139 Å². The molecule has 0 saturated heterocycles. The number of hydrogen-bond acceptors (Lipinski definition) is 4. The van der Waals surface area contributed by atoms with E-state index < -0.39 is 0 Å². The zero-order chi connectivity index (χ0) is 16.4. The van der Waals surface area contributed by atoms with E-state index in [4.69, 9.17) is 4.98 Å². The molecule has 4 aromatic rings. The van der Waals surface area contributed by atoms with Crippen LogP contribution in [0.4, 0.5) is 5.69 Å². The van der Waals surface area contributed by atoms with Crippen LogP contribution in [0.3, 0.4) is 0 Å². The van der Waals surface area contributed by atoms with Crippen molar-refractivity contribution >= 4 is 22.8 Å². The van der Waals surface area contributed by atoms with Crippen molar-refractivity contribution in [2.24, 2.45) is 4.99 Å². The Morgan fingerprint density at radius 1 is 1.04 bits per heavy atom. The molecule has 24 heavy (non-hydrogen) atoms. The molecule has 0 fully saturated rings. The average molecular weight is 313 g/mol. The summed E-state index contributed by atoms with van der Waals surface area (Å²) in [5.41, 5.74) is 3.90. The number of para-hydroxylation sites is 1. The highest BCUT2D eigenvalue weighted by Gasteiger charge is 2.08. The highest BCUT2D eigenvalue weighted by atomic mass is 15.3. The molecule has 116 valence electrons. The molecule has 0 aliphatic carbocycles. The Kier molecular flexibility index (Phi) is 3.59. The van der Waals surface area contributed by atoms with Gasteiger partial charge in [-0.3, -0.25) is 4.99 Å². The predicted molar refractivity (Wildman–Crippen MR) is 95.1 cm³/mol. The molecule has 0 unspecified atom stereocenters. The van der Waals surface area contributed by atoms with Crippen molar-refractivity contribution in [3.05, 3.63) is 78.4 Å². The summed E-state index contributed by atoms with van der Waals surface area (Å²) in [6, 6.07) is 18.1. The summed E-state index contributed by atoms with van der Waals surface area (Å²) >= 11 is 0. The summed E-state index contributed by atoms with van der Waals surface area (Å²) in [5, 5.41) is 5.29. The number of nitrogens with zero attached hydrogens (tertiary/aromatic N) is 5. The van der Waals surface area contributed by atoms with Crippen molar-refractivity contribution in [2.45, 2.75) is 6.92 Å². The second-order valence-electron chi connectivity index (χ2n) is 5.53. The highest BCUT2D eigenvalue weighted by Crippen LogP contribution is 2.20. The van der Waals surface area contributed by atoms with Crippen molar-refractivity contribution < 1.29 is 0 Å². The molecule has 0 aliphatic rings. The van der Waals surface area contributed by atoms with Crippen molar-refractivity contribution in [2.75, 3.05) is 0 Å². The average Bonchev–Trinajstić information content (AvgIpc) is 3.14. The van der Waals surface area contributed by atoms with Gasteiger partial charge in [0.1, 0.15) is 12.7 Å². The van der Waals surface area contributed by atoms with E-state index in [-0.39, 0.29) is 0 Å². The summed E-state index contributed by atoms with van der Waals surface area (Å²) < 4.78 is 1.66. The van der Waals surface area contributed by atoms with Crippen molar-refractivity contribution in [3.63, 3.8) is 0 Å². The molecule has 0 amide bonds. The Morgan fingerprint density at radius 3 is 2.71 bits per heavy atom. The van der Waals surface area contributed by atoms with E-state index in [1.165, 1.54) is 11.9 Å². The van der Waals surface area contributed by atoms with E-state index in [1.807, 2.05) is 42.6 Å². The van der Waals surface area contributed by atoms with Gasteiger partial charge in [0.15, 0.2) is 5.82 Å². The van der Waals surface area contributed by atoms with Gasteiger partial charge in [0.25, 0.3) is 0 Å². The van der Waals surface area contributed by atoms with E-state index in [2.05, 4.69) is 40.2 Å². The van der Waals surface area contributed by atoms with Gasteiger partial charge in [-0.05, 0) is 37.3 Å². The highest BCUT2D eigenvalue weighted by molar-refractivity contribution is 5.92. The smallest absolute Gasteiger partial charge is 0.164 e. The van der Waals surface area contributed by atoms with Gasteiger partial charge in [-0.2, -0.15) is 5.10 Å². The zero-order valence-corrected chi connectivity index (χ0v) is 13.2. The first-order valence-electron chi connectivity index (χ1n) is 7.65. The fourth-order valence-electron chi connectivity index (χ4n) is 2.56. The largest absolute Gasteiger partial charge is 0.256 e. The van der Waals surface area contributed by atoms with Crippen LogP contribution in [0.1, 0.15) is 11.1 Å². The summed E-state index contributed by atoms with van der Waals surface area (Å²) in [5.74, 6) is 0.712. The monoisotopic (exact) mass is 313 g/mol. The van der Waals surface area contributed by atoms with Crippen LogP contribution in [-0.4, -0.2) is 26.0 Å². The molecule has 0 radical (unpaired) electrons. The molecular weight excluding hydrogens is 298 g/mol. The lowest BCUT2D eigenvalue weighted by Gasteiger charge is -2.07. The maximum atomic E-state index is 4.74. The molecule has 0 bridgehead atoms. The number of rotatable bonds is 3. The molecular formula is C19H15N5. The second-order valence-corrected chi connectivity index (χ2v) is 5.53. The topological polar surface area (TPSA) is 56.0 Å². The molecule has 0 saturated carbocycles. The first-order valence-corrected chi connectivity index (χ1v) is 7.65. The van der Waals surface area contributed by atoms with Crippen LogP contribution in [-0.2, 0) is 0 Å². The fourth-order valence-corrected chi connectivity index (χ4v) is 2.56. The molecule has 2 aromatic carbocycles. The molecule has 2 heterocycles. The van der Waals surface area contributed by atoms with Crippen LogP contribution < -0.4 is 0 Å². The molecule has 4 rings (SSSR count). The number of fused-ring (bicyclic) bond motifs is 1. The quantitative estimate of drug-likeness (QED) is 0.539. The van der Waals surface area contributed by atoms with E-state index in [0.717, 1.165) is 22.2 Å². The van der Waals surface area contributed by atoms with E-state index in [0.29, 0.717) is 5.82 Å². The molecule has 5 nitrogen and oxygen atoms in total. The zero-order valence-electron chi connectivity index (χ0n) is 13.2. The third-order valence-electron chi connectivity index (χ3n) is 3.72. The number of aromatic nitrogens is 4. The number of hydrogen-bond donors (Lipinski definition) is 0. The SMILES string of the molecule is Cc1ccc2nc(-n3cncn3)c(C=Nc3ccccc3)cc2c1. The summed E-state index contributed by atoms with van der Waals surface area (Å²) in [6.07, 6.45) is 4.96. The molecule has 0 spiro atoms. The lowest BCUT2D eigenvalue weighted by atomic mass is 10.1. The molecule has 0 aliphatic heterocycles. The normalized spacial score (nSPS) is 11.4. The number of pyridine rings is 1. The lowest BCUT2D eigenvalue weighted by Crippen LogP contribution is -2.03. The predicted octanol–water partition coefficient (Wildman–Crippen LogP) is 3.87. The van der Waals surface area contributed by atoms with Gasteiger partial charge in [-0.1, -0.05) is 29.8 Å². The van der Waals surface area contributed by atoms with Gasteiger partial charge >= 0.3 is 0 Å². The minimum Gasteiger partial charge on any atom is -0.256 e. The summed E-state index contributed by atoms with van der Waals surface area (Å²) in [4.78, 5) is 13.3. The van der Waals surface area contributed by atoms with E-state index >= 15 is 0 Å². The van der Waals surface area contributed by atoms with Gasteiger partial charge in [0.2, 0.25) is 0 Å². The van der Waals surface area contributed by atoms with Crippen molar-refractivity contribution in [3.8, 4) is 5.82 Å².